The minimum Gasteiger partial charge on any atom is -0.488 e. The van der Waals surface area contributed by atoms with Crippen molar-refractivity contribution in [3.8, 4) is 5.75 Å². The summed E-state index contributed by atoms with van der Waals surface area (Å²) in [6, 6.07) is 0. The second kappa shape index (κ2) is 4.92. The monoisotopic (exact) mass is 322 g/mol. The molecule has 1 atom stereocenters. The van der Waals surface area contributed by atoms with Crippen molar-refractivity contribution in [1.82, 2.24) is 15.0 Å². The molecule has 2 aliphatic heterocycles. The van der Waals surface area contributed by atoms with Gasteiger partial charge in [-0.25, -0.2) is 13.1 Å². The summed E-state index contributed by atoms with van der Waals surface area (Å²) in [5.41, 5.74) is 4.50. The highest BCUT2D eigenvalue weighted by atomic mass is 35.5. The molecule has 0 saturated carbocycles. The van der Waals surface area contributed by atoms with Gasteiger partial charge in [0, 0.05) is 12.7 Å². The second-order valence-corrected chi connectivity index (χ2v) is 6.47. The van der Waals surface area contributed by atoms with Gasteiger partial charge in [-0.1, -0.05) is 0 Å². The molecule has 1 aromatic rings. The van der Waals surface area contributed by atoms with Gasteiger partial charge >= 0.3 is 0 Å². The molecule has 1 saturated heterocycles. The summed E-state index contributed by atoms with van der Waals surface area (Å²) in [5, 5.41) is 3.10. The number of hydrogen-bond donors (Lipinski definition) is 4. The highest BCUT2D eigenvalue weighted by molar-refractivity contribution is 7.89. The Morgan fingerprint density at radius 3 is 2.80 bits per heavy atom. The number of hydrogen-bond acceptors (Lipinski definition) is 5. The van der Waals surface area contributed by atoms with Crippen LogP contribution in [0.15, 0.2) is 11.1 Å². The number of H-pyrrole nitrogens is 1. The van der Waals surface area contributed by atoms with Gasteiger partial charge in [-0.2, -0.15) is 0 Å². The summed E-state index contributed by atoms with van der Waals surface area (Å²) in [5.74, 6) is -0.749. The van der Waals surface area contributed by atoms with Gasteiger partial charge in [0.2, 0.25) is 10.0 Å². The van der Waals surface area contributed by atoms with Crippen LogP contribution in [0.1, 0.15) is 16.9 Å². The van der Waals surface area contributed by atoms with Crippen LogP contribution in [0.25, 0.3) is 0 Å². The minimum atomic E-state index is -3.74. The first-order valence-corrected chi connectivity index (χ1v) is 7.31. The zero-order valence-electron chi connectivity index (χ0n) is 10.4. The maximum Gasteiger partial charge on any atom is 0.269 e. The van der Waals surface area contributed by atoms with Gasteiger partial charge in [0.1, 0.15) is 17.2 Å². The number of halogens is 1. The third kappa shape index (κ3) is 2.26. The molecule has 3 rings (SSSR count). The third-order valence-electron chi connectivity index (χ3n) is 3.42. The van der Waals surface area contributed by atoms with E-state index in [1.54, 1.807) is 0 Å². The van der Waals surface area contributed by atoms with E-state index < -0.39 is 21.5 Å². The number of ether oxygens (including phenoxy) is 1. The number of nitrogens with one attached hydrogen (secondary N) is 3. The zero-order chi connectivity index (χ0) is 13.7. The topological polar surface area (TPSA) is 126 Å². The van der Waals surface area contributed by atoms with Gasteiger partial charge in [0.25, 0.3) is 5.91 Å². The summed E-state index contributed by atoms with van der Waals surface area (Å²) in [4.78, 5) is 13.7. The number of fused-ring (bicyclic) bond motifs is 1. The largest absolute Gasteiger partial charge is 0.488 e. The minimum absolute atomic E-state index is 0. The van der Waals surface area contributed by atoms with Crippen molar-refractivity contribution in [1.29, 1.82) is 0 Å². The number of aromatic amines is 1. The standard InChI is InChI=1S/C10H14N4O4S.ClH/c11-9(15)7-8-6(3-13-7)19(16,17)14-10(5-18-8)1-2-12-4-10;/h3,12-14H,1-2,4-5H2,(H2,11,15);1H. The van der Waals surface area contributed by atoms with Crippen LogP contribution in [-0.4, -0.2) is 44.5 Å². The molecule has 1 amide bonds. The molecular weight excluding hydrogens is 308 g/mol. The van der Waals surface area contributed by atoms with E-state index in [2.05, 4.69) is 15.0 Å². The molecule has 5 N–H and O–H groups in total. The average Bonchev–Trinajstić information content (AvgIpc) is 2.90. The number of sulfonamides is 1. The molecule has 3 heterocycles. The predicted octanol–water partition coefficient (Wildman–Crippen LogP) is -1.06. The van der Waals surface area contributed by atoms with E-state index in [0.29, 0.717) is 19.5 Å². The lowest BCUT2D eigenvalue weighted by molar-refractivity contribution is 0.0990. The fourth-order valence-corrected chi connectivity index (χ4v) is 3.98. The fourth-order valence-electron chi connectivity index (χ4n) is 2.45. The molecule has 0 aliphatic carbocycles. The molecule has 8 nitrogen and oxygen atoms in total. The molecule has 1 aromatic heterocycles. The summed E-state index contributed by atoms with van der Waals surface area (Å²) < 4.78 is 32.8. The van der Waals surface area contributed by atoms with Crippen molar-refractivity contribution in [2.24, 2.45) is 5.73 Å². The Kier molecular flexibility index (Phi) is 3.71. The van der Waals surface area contributed by atoms with Crippen LogP contribution in [0.5, 0.6) is 5.75 Å². The number of carbonyl (C=O) groups excluding carboxylic acids is 1. The quantitative estimate of drug-likeness (QED) is 0.524. The van der Waals surface area contributed by atoms with Crippen molar-refractivity contribution >= 4 is 28.3 Å². The van der Waals surface area contributed by atoms with Gasteiger partial charge in [-0.3, -0.25) is 4.79 Å². The van der Waals surface area contributed by atoms with Crippen LogP contribution in [0.4, 0.5) is 0 Å². The molecule has 1 spiro atoms. The van der Waals surface area contributed by atoms with Crippen LogP contribution in [-0.2, 0) is 10.0 Å². The number of aromatic nitrogens is 1. The first-order valence-electron chi connectivity index (χ1n) is 5.82. The van der Waals surface area contributed by atoms with Crippen molar-refractivity contribution in [2.45, 2.75) is 16.9 Å². The van der Waals surface area contributed by atoms with E-state index in [9.17, 15) is 13.2 Å². The number of carbonyl (C=O) groups is 1. The van der Waals surface area contributed by atoms with Crippen LogP contribution in [0.2, 0.25) is 0 Å². The molecule has 1 fully saturated rings. The van der Waals surface area contributed by atoms with Crippen LogP contribution in [0.3, 0.4) is 0 Å². The Hall–Kier alpha value is -1.29. The Morgan fingerprint density at radius 2 is 2.20 bits per heavy atom. The third-order valence-corrected chi connectivity index (χ3v) is 5.01. The summed E-state index contributed by atoms with van der Waals surface area (Å²) in [7, 11) is -3.74. The number of amides is 1. The predicted molar refractivity (Wildman–Crippen MR) is 72.6 cm³/mol. The van der Waals surface area contributed by atoms with Crippen molar-refractivity contribution in [3.05, 3.63) is 11.9 Å². The highest BCUT2D eigenvalue weighted by Gasteiger charge is 2.43. The van der Waals surface area contributed by atoms with Gasteiger partial charge in [-0.15, -0.1) is 12.4 Å². The van der Waals surface area contributed by atoms with Crippen LogP contribution >= 0.6 is 12.4 Å². The first-order chi connectivity index (χ1) is 8.94. The Labute approximate surface area is 121 Å². The summed E-state index contributed by atoms with van der Waals surface area (Å²) in [6.45, 7) is 1.36. The Bertz CT molecular complexity index is 636. The average molecular weight is 323 g/mol. The van der Waals surface area contributed by atoms with E-state index in [4.69, 9.17) is 10.5 Å². The summed E-state index contributed by atoms with van der Waals surface area (Å²) >= 11 is 0. The SMILES string of the molecule is Cl.NC(=O)c1[nH]cc2c1OCC1(CCNC1)NS2(=O)=O. The van der Waals surface area contributed by atoms with Gasteiger partial charge in [-0.05, 0) is 13.0 Å². The number of primary amides is 1. The molecule has 10 heteroatoms. The number of rotatable bonds is 1. The molecule has 0 bridgehead atoms. The normalized spacial score (nSPS) is 27.2. The molecule has 1 unspecified atom stereocenters. The van der Waals surface area contributed by atoms with Crippen molar-refractivity contribution in [2.75, 3.05) is 19.7 Å². The van der Waals surface area contributed by atoms with Gasteiger partial charge in [0.15, 0.2) is 5.75 Å². The Morgan fingerprint density at radius 1 is 1.45 bits per heavy atom. The van der Waals surface area contributed by atoms with Gasteiger partial charge in [0.05, 0.1) is 5.54 Å². The molecule has 0 radical (unpaired) electrons. The van der Waals surface area contributed by atoms with Gasteiger partial charge < -0.3 is 20.8 Å². The number of nitrogens with two attached hydrogens (primary N) is 1. The molecule has 0 aromatic carbocycles. The maximum atomic E-state index is 12.3. The lowest BCUT2D eigenvalue weighted by Gasteiger charge is -2.25. The molecule has 20 heavy (non-hydrogen) atoms. The van der Waals surface area contributed by atoms with E-state index in [-0.39, 0.29) is 35.4 Å². The summed E-state index contributed by atoms with van der Waals surface area (Å²) in [6.07, 6.45) is 1.85. The van der Waals surface area contributed by atoms with Crippen molar-refractivity contribution in [3.63, 3.8) is 0 Å². The molecule has 2 aliphatic rings. The molecule has 112 valence electrons. The zero-order valence-corrected chi connectivity index (χ0v) is 12.1. The van der Waals surface area contributed by atoms with Crippen LogP contribution in [0, 0.1) is 0 Å². The lowest BCUT2D eigenvalue weighted by Crippen LogP contribution is -2.52. The lowest BCUT2D eigenvalue weighted by atomic mass is 10.0. The highest BCUT2D eigenvalue weighted by Crippen LogP contribution is 2.33. The smallest absolute Gasteiger partial charge is 0.269 e. The van der Waals surface area contributed by atoms with E-state index >= 15 is 0 Å². The van der Waals surface area contributed by atoms with Crippen LogP contribution < -0.4 is 20.5 Å². The first kappa shape index (κ1) is 15.1. The fraction of sp³-hybridized carbons (Fsp3) is 0.500. The van der Waals surface area contributed by atoms with E-state index in [0.717, 1.165) is 0 Å². The van der Waals surface area contributed by atoms with Crippen molar-refractivity contribution < 1.29 is 17.9 Å². The second-order valence-electron chi connectivity index (χ2n) is 4.82. The maximum absolute atomic E-state index is 12.3. The Balaban J connectivity index is 0.00000147. The molecular formula is C10H15ClN4O4S. The van der Waals surface area contributed by atoms with E-state index in [1.165, 1.54) is 6.20 Å². The van der Waals surface area contributed by atoms with E-state index in [1.807, 2.05) is 0 Å².